The normalized spacial score (nSPS) is 15.4. The number of hydrogen-bond donors (Lipinski definition) is 0. The van der Waals surface area contributed by atoms with Crippen molar-refractivity contribution in [2.75, 3.05) is 26.7 Å². The molecule has 1 aliphatic heterocycles. The molecule has 0 aliphatic carbocycles. The summed E-state index contributed by atoms with van der Waals surface area (Å²) in [6.45, 7) is 6.99. The van der Waals surface area contributed by atoms with Crippen LogP contribution in [0.25, 0.3) is 0 Å². The fourth-order valence-corrected chi connectivity index (χ4v) is 4.93. The number of amides is 1. The van der Waals surface area contributed by atoms with Gasteiger partial charge in [0.15, 0.2) is 5.78 Å². The highest BCUT2D eigenvalue weighted by molar-refractivity contribution is 7.12. The van der Waals surface area contributed by atoms with Gasteiger partial charge in [0.1, 0.15) is 0 Å². The summed E-state index contributed by atoms with van der Waals surface area (Å²) in [5.41, 5.74) is 1.91. The van der Waals surface area contributed by atoms with Crippen LogP contribution < -0.4 is 0 Å². The quantitative estimate of drug-likeness (QED) is 0.616. The number of likely N-dealkylation sites (tertiary alicyclic amines) is 1. The summed E-state index contributed by atoms with van der Waals surface area (Å²) in [7, 11) is 1.89. The van der Waals surface area contributed by atoms with E-state index < -0.39 is 0 Å². The van der Waals surface area contributed by atoms with Crippen molar-refractivity contribution in [3.8, 4) is 0 Å². The van der Waals surface area contributed by atoms with Crippen LogP contribution in [0.2, 0.25) is 0 Å². The first-order valence-corrected chi connectivity index (χ1v) is 11.2. The third kappa shape index (κ3) is 5.97. The van der Waals surface area contributed by atoms with E-state index in [1.165, 1.54) is 0 Å². The fourth-order valence-electron chi connectivity index (χ4n) is 3.99. The Bertz CT molecular complexity index is 826. The predicted molar refractivity (Wildman–Crippen MR) is 118 cm³/mol. The molecular formula is C23H31N3O2S. The fraction of sp³-hybridized carbons (Fsp3) is 0.522. The summed E-state index contributed by atoms with van der Waals surface area (Å²) in [4.78, 5) is 36.0. The van der Waals surface area contributed by atoms with E-state index in [1.54, 1.807) is 11.3 Å². The lowest BCUT2D eigenvalue weighted by molar-refractivity contribution is -0.132. The predicted octanol–water partition coefficient (Wildman–Crippen LogP) is 3.89. The first-order chi connectivity index (χ1) is 13.9. The zero-order chi connectivity index (χ0) is 20.8. The summed E-state index contributed by atoms with van der Waals surface area (Å²) in [5.74, 6) is 0.160. The molecule has 2 aromatic rings. The maximum absolute atomic E-state index is 12.6. The molecule has 5 nitrogen and oxygen atoms in total. The molecule has 0 atom stereocenters. The highest BCUT2D eigenvalue weighted by Crippen LogP contribution is 2.23. The van der Waals surface area contributed by atoms with Gasteiger partial charge in [-0.25, -0.2) is 0 Å². The number of carbonyl (C=O) groups excluding carboxylic acids is 2. The summed E-state index contributed by atoms with van der Waals surface area (Å²) in [6, 6.07) is 8.25. The van der Waals surface area contributed by atoms with Crippen LogP contribution in [0.3, 0.4) is 0 Å². The van der Waals surface area contributed by atoms with Gasteiger partial charge in [0.25, 0.3) is 0 Å². The Kier molecular flexibility index (Phi) is 7.56. The van der Waals surface area contributed by atoms with Crippen molar-refractivity contribution < 1.29 is 9.59 Å². The van der Waals surface area contributed by atoms with E-state index >= 15 is 0 Å². The molecule has 0 saturated carbocycles. The van der Waals surface area contributed by atoms with Crippen LogP contribution >= 0.6 is 11.3 Å². The van der Waals surface area contributed by atoms with Crippen molar-refractivity contribution in [2.24, 2.45) is 0 Å². The van der Waals surface area contributed by atoms with E-state index in [-0.39, 0.29) is 17.7 Å². The Labute approximate surface area is 177 Å². The SMILES string of the molecule is Cc1cc(C(=O)CCC(=O)N(C)C2CCN(CCc3ccccn3)CC2)c(C)s1. The zero-order valence-corrected chi connectivity index (χ0v) is 18.5. The molecule has 156 valence electrons. The molecule has 0 bridgehead atoms. The number of ketones is 1. The van der Waals surface area contributed by atoms with Gasteiger partial charge in [0.2, 0.25) is 5.91 Å². The summed E-state index contributed by atoms with van der Waals surface area (Å²) >= 11 is 1.64. The van der Waals surface area contributed by atoms with E-state index in [9.17, 15) is 9.59 Å². The van der Waals surface area contributed by atoms with Gasteiger partial charge in [-0.2, -0.15) is 0 Å². The monoisotopic (exact) mass is 413 g/mol. The average molecular weight is 414 g/mol. The lowest BCUT2D eigenvalue weighted by atomic mass is 10.0. The molecule has 3 rings (SSSR count). The van der Waals surface area contributed by atoms with Gasteiger partial charge in [0.05, 0.1) is 0 Å². The van der Waals surface area contributed by atoms with Crippen LogP contribution in [-0.4, -0.2) is 59.2 Å². The molecule has 0 aromatic carbocycles. The van der Waals surface area contributed by atoms with Gasteiger partial charge in [-0.1, -0.05) is 6.07 Å². The third-order valence-electron chi connectivity index (χ3n) is 5.82. The molecule has 1 saturated heterocycles. The first-order valence-electron chi connectivity index (χ1n) is 10.4. The molecule has 29 heavy (non-hydrogen) atoms. The smallest absolute Gasteiger partial charge is 0.223 e. The van der Waals surface area contributed by atoms with Crippen molar-refractivity contribution in [1.29, 1.82) is 0 Å². The molecule has 0 N–H and O–H groups in total. The number of nitrogens with zero attached hydrogens (tertiary/aromatic N) is 3. The Morgan fingerprint density at radius 3 is 2.59 bits per heavy atom. The van der Waals surface area contributed by atoms with Gasteiger partial charge in [-0.15, -0.1) is 11.3 Å². The maximum atomic E-state index is 12.6. The van der Waals surface area contributed by atoms with Crippen LogP contribution in [0.15, 0.2) is 30.5 Å². The average Bonchev–Trinajstić information content (AvgIpc) is 3.09. The second-order valence-corrected chi connectivity index (χ2v) is 9.36. The minimum absolute atomic E-state index is 0.0786. The maximum Gasteiger partial charge on any atom is 0.223 e. The Hall–Kier alpha value is -2.05. The van der Waals surface area contributed by atoms with Crippen molar-refractivity contribution in [3.63, 3.8) is 0 Å². The number of aryl methyl sites for hydroxylation is 2. The van der Waals surface area contributed by atoms with E-state index in [2.05, 4.69) is 16.0 Å². The number of thiophene rings is 1. The van der Waals surface area contributed by atoms with Crippen LogP contribution in [0.1, 0.15) is 51.5 Å². The topological polar surface area (TPSA) is 53.5 Å². The Morgan fingerprint density at radius 1 is 1.21 bits per heavy atom. The number of piperidine rings is 1. The van der Waals surface area contributed by atoms with E-state index in [0.29, 0.717) is 12.8 Å². The van der Waals surface area contributed by atoms with Crippen molar-refractivity contribution in [2.45, 2.75) is 52.0 Å². The van der Waals surface area contributed by atoms with Crippen LogP contribution in [0, 0.1) is 13.8 Å². The summed E-state index contributed by atoms with van der Waals surface area (Å²) < 4.78 is 0. The highest BCUT2D eigenvalue weighted by atomic mass is 32.1. The molecule has 1 fully saturated rings. The van der Waals surface area contributed by atoms with Crippen molar-refractivity contribution in [1.82, 2.24) is 14.8 Å². The Balaban J connectivity index is 1.40. The second kappa shape index (κ2) is 10.1. The van der Waals surface area contributed by atoms with Crippen LogP contribution in [-0.2, 0) is 11.2 Å². The molecule has 3 heterocycles. The molecule has 0 radical (unpaired) electrons. The number of aromatic nitrogens is 1. The highest BCUT2D eigenvalue weighted by Gasteiger charge is 2.25. The first kappa shape index (κ1) is 21.7. The van der Waals surface area contributed by atoms with Gasteiger partial charge < -0.3 is 9.80 Å². The summed E-state index contributed by atoms with van der Waals surface area (Å²) in [6.07, 6.45) is 5.37. The van der Waals surface area contributed by atoms with Crippen molar-refractivity contribution >= 4 is 23.0 Å². The van der Waals surface area contributed by atoms with Gasteiger partial charge in [-0.3, -0.25) is 14.6 Å². The molecule has 1 amide bonds. The summed E-state index contributed by atoms with van der Waals surface area (Å²) in [5, 5.41) is 0. The van der Waals surface area contributed by atoms with E-state index in [1.807, 2.05) is 50.2 Å². The van der Waals surface area contributed by atoms with Gasteiger partial charge in [-0.05, 0) is 44.9 Å². The Morgan fingerprint density at radius 2 is 1.97 bits per heavy atom. The molecular weight excluding hydrogens is 382 g/mol. The molecule has 0 spiro atoms. The standard InChI is InChI=1S/C23H31N3O2S/c1-17-16-21(18(2)29-17)22(27)7-8-23(28)25(3)20-10-14-26(15-11-20)13-9-19-6-4-5-12-24-19/h4-6,12,16,20H,7-11,13-15H2,1-3H3. The number of carbonyl (C=O) groups is 2. The minimum atomic E-state index is 0.0786. The number of rotatable bonds is 8. The van der Waals surface area contributed by atoms with Crippen LogP contribution in [0.4, 0.5) is 0 Å². The second-order valence-electron chi connectivity index (χ2n) is 7.90. The van der Waals surface area contributed by atoms with E-state index in [4.69, 9.17) is 0 Å². The lowest BCUT2D eigenvalue weighted by Gasteiger charge is -2.36. The zero-order valence-electron chi connectivity index (χ0n) is 17.7. The van der Waals surface area contributed by atoms with Gasteiger partial charge in [0, 0.05) is 79.2 Å². The van der Waals surface area contributed by atoms with Crippen molar-refractivity contribution in [3.05, 3.63) is 51.5 Å². The molecule has 1 aliphatic rings. The number of pyridine rings is 1. The largest absolute Gasteiger partial charge is 0.343 e. The minimum Gasteiger partial charge on any atom is -0.343 e. The molecule has 2 aromatic heterocycles. The van der Waals surface area contributed by atoms with Crippen LogP contribution in [0.5, 0.6) is 0 Å². The number of hydrogen-bond acceptors (Lipinski definition) is 5. The van der Waals surface area contributed by atoms with E-state index in [0.717, 1.165) is 59.9 Å². The molecule has 0 unspecified atom stereocenters. The van der Waals surface area contributed by atoms with Gasteiger partial charge >= 0.3 is 0 Å². The number of Topliss-reactive ketones (excluding diaryl/α,β-unsaturated/α-hetero) is 1. The lowest BCUT2D eigenvalue weighted by Crippen LogP contribution is -2.46. The molecule has 6 heteroatoms. The third-order valence-corrected chi connectivity index (χ3v) is 6.78.